The number of halogens is 2. The lowest BCUT2D eigenvalue weighted by Gasteiger charge is -2.11. The average molecular weight is 217 g/mol. The van der Waals surface area contributed by atoms with E-state index in [4.69, 9.17) is 10.5 Å². The van der Waals surface area contributed by atoms with Crippen molar-refractivity contribution in [2.24, 2.45) is 5.73 Å². The van der Waals surface area contributed by atoms with Crippen LogP contribution in [0.4, 0.5) is 8.78 Å². The van der Waals surface area contributed by atoms with Gasteiger partial charge in [-0.3, -0.25) is 0 Å². The van der Waals surface area contributed by atoms with Crippen molar-refractivity contribution in [1.82, 2.24) is 0 Å². The molecule has 0 aliphatic carbocycles. The fourth-order valence-electron chi connectivity index (χ4n) is 1.21. The van der Waals surface area contributed by atoms with Gasteiger partial charge in [0.2, 0.25) is 0 Å². The van der Waals surface area contributed by atoms with Crippen molar-refractivity contribution in [3.05, 3.63) is 23.8 Å². The molecule has 3 N–H and O–H groups in total. The van der Waals surface area contributed by atoms with Gasteiger partial charge in [0, 0.05) is 0 Å². The fraction of sp³-hybridized carbons (Fsp3) is 0.400. The second-order valence-electron chi connectivity index (χ2n) is 3.21. The monoisotopic (exact) mass is 217 g/mol. The molecule has 84 valence electrons. The molecule has 1 unspecified atom stereocenters. The summed E-state index contributed by atoms with van der Waals surface area (Å²) in [4.78, 5) is 0. The summed E-state index contributed by atoms with van der Waals surface area (Å²) in [6.45, 7) is 0. The van der Waals surface area contributed by atoms with Gasteiger partial charge < -0.3 is 15.6 Å². The molecule has 5 heteroatoms. The Bertz CT molecular complexity index is 331. The van der Waals surface area contributed by atoms with Crippen LogP contribution in [0.2, 0.25) is 0 Å². The Labute approximate surface area is 86.5 Å². The molecule has 0 aliphatic rings. The summed E-state index contributed by atoms with van der Waals surface area (Å²) in [5.74, 6) is 0.237. The lowest BCUT2D eigenvalue weighted by Crippen LogP contribution is -2.30. The molecule has 0 fully saturated rings. The molecule has 1 atom stereocenters. The van der Waals surface area contributed by atoms with Gasteiger partial charge in [-0.2, -0.15) is 0 Å². The molecule has 0 heterocycles. The van der Waals surface area contributed by atoms with Crippen LogP contribution in [0, 0.1) is 0 Å². The minimum atomic E-state index is -2.55. The molecule has 0 radical (unpaired) electrons. The number of phenolic OH excluding ortho intramolecular Hbond substituents is 1. The number of rotatable bonds is 4. The quantitative estimate of drug-likeness (QED) is 0.804. The number of alkyl halides is 2. The average Bonchev–Trinajstić information content (AvgIpc) is 2.20. The van der Waals surface area contributed by atoms with E-state index in [2.05, 4.69) is 0 Å². The van der Waals surface area contributed by atoms with Gasteiger partial charge in [0.05, 0.1) is 13.2 Å². The van der Waals surface area contributed by atoms with Gasteiger partial charge in [0.15, 0.2) is 11.5 Å². The number of methoxy groups -OCH3 is 1. The van der Waals surface area contributed by atoms with Crippen LogP contribution in [0.25, 0.3) is 0 Å². The van der Waals surface area contributed by atoms with E-state index in [1.807, 2.05) is 0 Å². The molecule has 0 aromatic heterocycles. The lowest BCUT2D eigenvalue weighted by atomic mass is 10.1. The Morgan fingerprint density at radius 2 is 2.13 bits per heavy atom. The maximum Gasteiger partial charge on any atom is 0.253 e. The fourth-order valence-corrected chi connectivity index (χ4v) is 1.21. The van der Waals surface area contributed by atoms with E-state index in [0.717, 1.165) is 0 Å². The van der Waals surface area contributed by atoms with E-state index in [1.54, 1.807) is 6.07 Å². The maximum atomic E-state index is 12.2. The molecule has 0 bridgehead atoms. The second-order valence-corrected chi connectivity index (χ2v) is 3.21. The Morgan fingerprint density at radius 3 is 2.67 bits per heavy atom. The van der Waals surface area contributed by atoms with E-state index in [0.29, 0.717) is 5.56 Å². The van der Waals surface area contributed by atoms with Crippen molar-refractivity contribution in [1.29, 1.82) is 0 Å². The van der Waals surface area contributed by atoms with Crippen LogP contribution in [-0.4, -0.2) is 24.7 Å². The third-order valence-electron chi connectivity index (χ3n) is 2.04. The molecule has 0 saturated carbocycles. The first kappa shape index (κ1) is 11.7. The molecule has 1 aromatic carbocycles. The molecule has 0 spiro atoms. The highest BCUT2D eigenvalue weighted by Crippen LogP contribution is 2.26. The van der Waals surface area contributed by atoms with Crippen LogP contribution in [0.15, 0.2) is 18.2 Å². The van der Waals surface area contributed by atoms with Crippen LogP contribution < -0.4 is 10.5 Å². The minimum absolute atomic E-state index is 0.0214. The van der Waals surface area contributed by atoms with Crippen molar-refractivity contribution >= 4 is 0 Å². The third kappa shape index (κ3) is 3.06. The van der Waals surface area contributed by atoms with E-state index in [1.165, 1.54) is 19.2 Å². The summed E-state index contributed by atoms with van der Waals surface area (Å²) in [6, 6.07) is 3.24. The number of hydrogen-bond acceptors (Lipinski definition) is 3. The Balaban J connectivity index is 2.78. The smallest absolute Gasteiger partial charge is 0.253 e. The molecule has 0 amide bonds. The highest BCUT2D eigenvalue weighted by molar-refractivity contribution is 5.41. The van der Waals surface area contributed by atoms with E-state index < -0.39 is 12.5 Å². The van der Waals surface area contributed by atoms with Crippen molar-refractivity contribution in [2.75, 3.05) is 7.11 Å². The molecular weight excluding hydrogens is 204 g/mol. The molecule has 3 nitrogen and oxygen atoms in total. The van der Waals surface area contributed by atoms with Gasteiger partial charge in [-0.1, -0.05) is 6.07 Å². The summed E-state index contributed by atoms with van der Waals surface area (Å²) in [5, 5.41) is 9.27. The number of nitrogens with two attached hydrogens (primary N) is 1. The zero-order valence-corrected chi connectivity index (χ0v) is 8.28. The minimum Gasteiger partial charge on any atom is -0.504 e. The van der Waals surface area contributed by atoms with E-state index in [9.17, 15) is 13.9 Å². The molecule has 0 aliphatic heterocycles. The Morgan fingerprint density at radius 1 is 1.47 bits per heavy atom. The Kier molecular flexibility index (Phi) is 3.85. The number of hydrogen-bond donors (Lipinski definition) is 2. The van der Waals surface area contributed by atoms with Crippen LogP contribution >= 0.6 is 0 Å². The summed E-state index contributed by atoms with van der Waals surface area (Å²) in [5.41, 5.74) is 5.83. The zero-order chi connectivity index (χ0) is 11.4. The molecule has 1 aromatic rings. The first-order valence-electron chi connectivity index (χ1n) is 4.44. The summed E-state index contributed by atoms with van der Waals surface area (Å²) in [6.07, 6.45) is -2.50. The van der Waals surface area contributed by atoms with Crippen molar-refractivity contribution in [3.8, 4) is 11.5 Å². The van der Waals surface area contributed by atoms with Crippen LogP contribution in [0.1, 0.15) is 5.56 Å². The second kappa shape index (κ2) is 4.93. The predicted octanol–water partition coefficient (Wildman–Crippen LogP) is 1.54. The van der Waals surface area contributed by atoms with Crippen LogP contribution in [0.5, 0.6) is 11.5 Å². The van der Waals surface area contributed by atoms with E-state index in [-0.39, 0.29) is 17.9 Å². The first-order valence-corrected chi connectivity index (χ1v) is 4.44. The van der Waals surface area contributed by atoms with Gasteiger partial charge in [-0.25, -0.2) is 8.78 Å². The zero-order valence-electron chi connectivity index (χ0n) is 8.28. The molecule has 0 saturated heterocycles. The summed E-state index contributed by atoms with van der Waals surface area (Å²) >= 11 is 0. The topological polar surface area (TPSA) is 55.5 Å². The lowest BCUT2D eigenvalue weighted by molar-refractivity contribution is 0.116. The van der Waals surface area contributed by atoms with Crippen molar-refractivity contribution in [2.45, 2.75) is 18.9 Å². The van der Waals surface area contributed by atoms with Crippen LogP contribution in [-0.2, 0) is 6.42 Å². The van der Waals surface area contributed by atoms with Crippen molar-refractivity contribution in [3.63, 3.8) is 0 Å². The predicted molar refractivity (Wildman–Crippen MR) is 52.3 cm³/mol. The first-order chi connectivity index (χ1) is 7.04. The summed E-state index contributed by atoms with van der Waals surface area (Å²) in [7, 11) is 1.39. The largest absolute Gasteiger partial charge is 0.504 e. The maximum absolute atomic E-state index is 12.2. The van der Waals surface area contributed by atoms with Gasteiger partial charge >= 0.3 is 0 Å². The number of aromatic hydroxyl groups is 1. The van der Waals surface area contributed by atoms with Gasteiger partial charge in [-0.15, -0.1) is 0 Å². The highest BCUT2D eigenvalue weighted by Gasteiger charge is 2.16. The normalized spacial score (nSPS) is 12.9. The number of phenols is 1. The molecule has 1 rings (SSSR count). The summed E-state index contributed by atoms with van der Waals surface area (Å²) < 4.78 is 29.2. The van der Waals surface area contributed by atoms with Gasteiger partial charge in [0.1, 0.15) is 0 Å². The molecular formula is C10H13F2NO2. The standard InChI is InChI=1S/C10H13F2NO2/c1-15-9-5-6(2-3-8(9)14)4-7(13)10(11)12/h2-3,5,7,10,14H,4,13H2,1H3. The van der Waals surface area contributed by atoms with Gasteiger partial charge in [-0.05, 0) is 24.1 Å². The number of benzene rings is 1. The van der Waals surface area contributed by atoms with Crippen molar-refractivity contribution < 1.29 is 18.6 Å². The van der Waals surface area contributed by atoms with E-state index >= 15 is 0 Å². The Hall–Kier alpha value is -1.36. The van der Waals surface area contributed by atoms with Gasteiger partial charge in [0.25, 0.3) is 6.43 Å². The van der Waals surface area contributed by atoms with Crippen LogP contribution in [0.3, 0.4) is 0 Å². The SMILES string of the molecule is COc1cc(CC(N)C(F)F)ccc1O. The number of ether oxygens (including phenoxy) is 1. The highest BCUT2D eigenvalue weighted by atomic mass is 19.3. The third-order valence-corrected chi connectivity index (χ3v) is 2.04. The molecule has 15 heavy (non-hydrogen) atoms.